The highest BCUT2D eigenvalue weighted by Crippen LogP contribution is 2.34. The maximum Gasteiger partial charge on any atom is 0.00127 e. The van der Waals surface area contributed by atoms with Gasteiger partial charge in [-0.2, -0.15) is 0 Å². The quantitative estimate of drug-likeness (QED) is 0.714. The van der Waals surface area contributed by atoms with Crippen molar-refractivity contribution in [1.29, 1.82) is 0 Å². The molecule has 1 saturated heterocycles. The zero-order valence-corrected chi connectivity index (χ0v) is 13.0. The van der Waals surface area contributed by atoms with Gasteiger partial charge in [0.2, 0.25) is 0 Å². The van der Waals surface area contributed by atoms with E-state index in [-0.39, 0.29) is 0 Å². The van der Waals surface area contributed by atoms with E-state index in [4.69, 9.17) is 0 Å². The van der Waals surface area contributed by atoms with Crippen LogP contribution in [0.15, 0.2) is 0 Å². The van der Waals surface area contributed by atoms with Crippen molar-refractivity contribution in [2.24, 2.45) is 29.6 Å². The lowest BCUT2D eigenvalue weighted by Crippen LogP contribution is -2.31. The fourth-order valence-corrected chi connectivity index (χ4v) is 3.98. The summed E-state index contributed by atoms with van der Waals surface area (Å²) in [5, 5.41) is 0. The van der Waals surface area contributed by atoms with Crippen LogP contribution in [0.25, 0.3) is 0 Å². The number of likely N-dealkylation sites (tertiary alicyclic amines) is 1. The molecule has 0 aromatic heterocycles. The first-order valence-corrected chi connectivity index (χ1v) is 8.28. The molecular weight excluding hydrogens is 218 g/mol. The minimum Gasteiger partial charge on any atom is -0.303 e. The third kappa shape index (κ3) is 3.73. The van der Waals surface area contributed by atoms with Crippen LogP contribution in [-0.4, -0.2) is 24.5 Å². The number of hydrogen-bond acceptors (Lipinski definition) is 1. The molecule has 0 N–H and O–H groups in total. The Bertz CT molecular complexity index is 238. The molecule has 2 rings (SSSR count). The van der Waals surface area contributed by atoms with Crippen LogP contribution in [0.3, 0.4) is 0 Å². The average molecular weight is 251 g/mol. The van der Waals surface area contributed by atoms with Gasteiger partial charge in [-0.05, 0) is 68.2 Å². The van der Waals surface area contributed by atoms with E-state index in [1.54, 1.807) is 0 Å². The standard InChI is InChI=1S/C17H33N/c1-13(2)16-7-5-15(6-8-16)11-18-10-9-17(12-18)14(3)4/h13-17H,5-12H2,1-4H3. The van der Waals surface area contributed by atoms with Gasteiger partial charge in [0.05, 0.1) is 0 Å². The molecule has 2 aliphatic rings. The Balaban J connectivity index is 1.69. The van der Waals surface area contributed by atoms with Gasteiger partial charge in [-0.15, -0.1) is 0 Å². The lowest BCUT2D eigenvalue weighted by molar-refractivity contribution is 0.175. The molecule has 1 heteroatoms. The maximum absolute atomic E-state index is 2.75. The summed E-state index contributed by atoms with van der Waals surface area (Å²) in [4.78, 5) is 2.75. The van der Waals surface area contributed by atoms with Crippen LogP contribution < -0.4 is 0 Å². The molecule has 18 heavy (non-hydrogen) atoms. The molecule has 0 aromatic carbocycles. The van der Waals surface area contributed by atoms with Crippen LogP contribution in [0.2, 0.25) is 0 Å². The summed E-state index contributed by atoms with van der Waals surface area (Å²) < 4.78 is 0. The molecule has 0 bridgehead atoms. The first-order chi connectivity index (χ1) is 8.56. The molecule has 0 aromatic rings. The summed E-state index contributed by atoms with van der Waals surface area (Å²) in [6.45, 7) is 13.7. The van der Waals surface area contributed by atoms with Crippen LogP contribution in [0.1, 0.15) is 59.8 Å². The van der Waals surface area contributed by atoms with Crippen molar-refractivity contribution in [3.05, 3.63) is 0 Å². The van der Waals surface area contributed by atoms with Crippen LogP contribution >= 0.6 is 0 Å². The first-order valence-electron chi connectivity index (χ1n) is 8.28. The third-order valence-corrected chi connectivity index (χ3v) is 5.60. The van der Waals surface area contributed by atoms with E-state index in [1.807, 2.05) is 0 Å². The molecule has 0 radical (unpaired) electrons. The topological polar surface area (TPSA) is 3.24 Å². The summed E-state index contributed by atoms with van der Waals surface area (Å²) in [6, 6.07) is 0. The Morgan fingerprint density at radius 3 is 1.94 bits per heavy atom. The van der Waals surface area contributed by atoms with Crippen LogP contribution in [0.5, 0.6) is 0 Å². The van der Waals surface area contributed by atoms with Crippen molar-refractivity contribution < 1.29 is 0 Å². The predicted molar refractivity (Wildman–Crippen MR) is 79.7 cm³/mol. The van der Waals surface area contributed by atoms with Gasteiger partial charge in [-0.1, -0.05) is 27.7 Å². The van der Waals surface area contributed by atoms with Gasteiger partial charge < -0.3 is 4.90 Å². The zero-order chi connectivity index (χ0) is 13.1. The van der Waals surface area contributed by atoms with E-state index in [2.05, 4.69) is 32.6 Å². The Labute approximate surface area is 114 Å². The summed E-state index contributed by atoms with van der Waals surface area (Å²) in [6.07, 6.45) is 7.41. The molecule has 1 nitrogen and oxygen atoms in total. The van der Waals surface area contributed by atoms with Crippen LogP contribution in [0.4, 0.5) is 0 Å². The first kappa shape index (κ1) is 14.4. The van der Waals surface area contributed by atoms with Crippen molar-refractivity contribution >= 4 is 0 Å². The summed E-state index contributed by atoms with van der Waals surface area (Å²) >= 11 is 0. The van der Waals surface area contributed by atoms with E-state index >= 15 is 0 Å². The molecule has 1 saturated carbocycles. The highest BCUT2D eigenvalue weighted by Gasteiger charge is 2.29. The lowest BCUT2D eigenvalue weighted by Gasteiger charge is -2.33. The summed E-state index contributed by atoms with van der Waals surface area (Å²) in [5.41, 5.74) is 0. The van der Waals surface area contributed by atoms with Gasteiger partial charge in [0, 0.05) is 13.1 Å². The normalized spacial score (nSPS) is 34.7. The van der Waals surface area contributed by atoms with Gasteiger partial charge >= 0.3 is 0 Å². The predicted octanol–water partition coefficient (Wildman–Crippen LogP) is 4.43. The number of nitrogens with zero attached hydrogens (tertiary/aromatic N) is 1. The van der Waals surface area contributed by atoms with Crippen LogP contribution in [-0.2, 0) is 0 Å². The van der Waals surface area contributed by atoms with Crippen molar-refractivity contribution in [3.8, 4) is 0 Å². The molecule has 1 heterocycles. The molecule has 0 spiro atoms. The Kier molecular flexibility index (Phi) is 5.12. The van der Waals surface area contributed by atoms with E-state index < -0.39 is 0 Å². The molecule has 1 aliphatic heterocycles. The highest BCUT2D eigenvalue weighted by atomic mass is 15.1. The fraction of sp³-hybridized carbons (Fsp3) is 1.00. The number of rotatable bonds is 4. The average Bonchev–Trinajstić information content (AvgIpc) is 2.78. The van der Waals surface area contributed by atoms with E-state index in [9.17, 15) is 0 Å². The van der Waals surface area contributed by atoms with Gasteiger partial charge in [0.15, 0.2) is 0 Å². The van der Waals surface area contributed by atoms with E-state index in [0.717, 1.165) is 29.6 Å². The fourth-order valence-electron chi connectivity index (χ4n) is 3.98. The van der Waals surface area contributed by atoms with E-state index in [0.29, 0.717) is 0 Å². The molecule has 0 amide bonds. The maximum atomic E-state index is 2.75. The highest BCUT2D eigenvalue weighted by molar-refractivity contribution is 4.82. The second-order valence-electron chi connectivity index (χ2n) is 7.58. The minimum absolute atomic E-state index is 0.881. The zero-order valence-electron chi connectivity index (χ0n) is 13.0. The van der Waals surface area contributed by atoms with Gasteiger partial charge in [-0.3, -0.25) is 0 Å². The smallest absolute Gasteiger partial charge is 0.00127 e. The van der Waals surface area contributed by atoms with Crippen molar-refractivity contribution in [3.63, 3.8) is 0 Å². The van der Waals surface area contributed by atoms with Crippen molar-refractivity contribution in [2.75, 3.05) is 19.6 Å². The summed E-state index contributed by atoms with van der Waals surface area (Å²) in [7, 11) is 0. The second-order valence-corrected chi connectivity index (χ2v) is 7.58. The molecule has 2 fully saturated rings. The third-order valence-electron chi connectivity index (χ3n) is 5.60. The molecule has 106 valence electrons. The Hall–Kier alpha value is -0.0400. The molecular formula is C17H33N. The lowest BCUT2D eigenvalue weighted by atomic mass is 9.77. The second kappa shape index (κ2) is 6.41. The monoisotopic (exact) mass is 251 g/mol. The summed E-state index contributed by atoms with van der Waals surface area (Å²) in [5.74, 6) is 4.78. The Morgan fingerprint density at radius 1 is 0.833 bits per heavy atom. The van der Waals surface area contributed by atoms with E-state index in [1.165, 1.54) is 51.7 Å². The van der Waals surface area contributed by atoms with Gasteiger partial charge in [-0.25, -0.2) is 0 Å². The minimum atomic E-state index is 0.881. The van der Waals surface area contributed by atoms with Crippen molar-refractivity contribution in [2.45, 2.75) is 59.8 Å². The molecule has 1 aliphatic carbocycles. The molecule has 1 atom stereocenters. The van der Waals surface area contributed by atoms with Crippen molar-refractivity contribution in [1.82, 2.24) is 4.90 Å². The van der Waals surface area contributed by atoms with Gasteiger partial charge in [0.25, 0.3) is 0 Å². The SMILES string of the molecule is CC(C)C1CCC(CN2CCC(C(C)C)C2)CC1. The van der Waals surface area contributed by atoms with Crippen LogP contribution in [0, 0.1) is 29.6 Å². The molecule has 1 unspecified atom stereocenters. The van der Waals surface area contributed by atoms with Gasteiger partial charge in [0.1, 0.15) is 0 Å². The largest absolute Gasteiger partial charge is 0.303 e. The number of hydrogen-bond donors (Lipinski definition) is 0. The Morgan fingerprint density at radius 2 is 1.44 bits per heavy atom.